The third-order valence-electron chi connectivity index (χ3n) is 4.54. The number of methoxy groups -OCH3 is 1. The van der Waals surface area contributed by atoms with Crippen molar-refractivity contribution in [3.63, 3.8) is 0 Å². The van der Waals surface area contributed by atoms with E-state index in [2.05, 4.69) is 26.0 Å². The van der Waals surface area contributed by atoms with E-state index in [0.717, 1.165) is 6.42 Å². The Balaban J connectivity index is 1.91. The van der Waals surface area contributed by atoms with Crippen LogP contribution in [0.3, 0.4) is 0 Å². The first-order chi connectivity index (χ1) is 12.0. The Labute approximate surface area is 150 Å². The topological polar surface area (TPSA) is 49.9 Å². The maximum Gasteiger partial charge on any atom is 0.228 e. The fourth-order valence-corrected chi connectivity index (χ4v) is 3.25. The molecule has 0 saturated carbocycles. The lowest BCUT2D eigenvalue weighted by Gasteiger charge is -2.27. The van der Waals surface area contributed by atoms with E-state index in [0.29, 0.717) is 45.1 Å². The summed E-state index contributed by atoms with van der Waals surface area (Å²) in [5.74, 6) is 0.345. The molecule has 0 radical (unpaired) electrons. The molecule has 1 atom stereocenters. The van der Waals surface area contributed by atoms with Crippen LogP contribution in [0.15, 0.2) is 30.3 Å². The van der Waals surface area contributed by atoms with E-state index in [-0.39, 0.29) is 17.7 Å². The highest BCUT2D eigenvalue weighted by Crippen LogP contribution is 2.21. The molecular formula is C20H30N2O3. The molecule has 5 heteroatoms. The van der Waals surface area contributed by atoms with E-state index in [9.17, 15) is 9.59 Å². The van der Waals surface area contributed by atoms with Gasteiger partial charge in [-0.05, 0) is 17.9 Å². The third-order valence-corrected chi connectivity index (χ3v) is 4.54. The number of rotatable bonds is 9. The van der Waals surface area contributed by atoms with Crippen LogP contribution in [0.4, 0.5) is 0 Å². The molecule has 1 unspecified atom stereocenters. The zero-order valence-electron chi connectivity index (χ0n) is 15.6. The van der Waals surface area contributed by atoms with Crippen molar-refractivity contribution in [1.29, 1.82) is 0 Å². The van der Waals surface area contributed by atoms with Gasteiger partial charge in [-0.25, -0.2) is 0 Å². The average molecular weight is 346 g/mol. The number of amides is 2. The van der Waals surface area contributed by atoms with Crippen LogP contribution in [0, 0.1) is 11.8 Å². The number of hydrogen-bond donors (Lipinski definition) is 0. The molecule has 0 aromatic heterocycles. The molecule has 25 heavy (non-hydrogen) atoms. The smallest absolute Gasteiger partial charge is 0.228 e. The van der Waals surface area contributed by atoms with Gasteiger partial charge in [-0.15, -0.1) is 0 Å². The Hall–Kier alpha value is -1.88. The number of likely N-dealkylation sites (tertiary alicyclic amines) is 1. The predicted octanol–water partition coefficient (Wildman–Crippen LogP) is 2.21. The van der Waals surface area contributed by atoms with Crippen LogP contribution in [-0.4, -0.2) is 61.5 Å². The standard InChI is InChI=1S/C20H30N2O3/c1-16(2)14-22(11-12-25-3)20(24)18-13-19(23)21(15-18)10-9-17-7-5-4-6-8-17/h4-8,16,18H,9-15H2,1-3H3. The number of ether oxygens (including phenoxy) is 1. The second-order valence-corrected chi connectivity index (χ2v) is 7.15. The zero-order chi connectivity index (χ0) is 18.2. The van der Waals surface area contributed by atoms with Gasteiger partial charge in [0, 0.05) is 39.7 Å². The van der Waals surface area contributed by atoms with Crippen LogP contribution in [0.5, 0.6) is 0 Å². The Bertz CT molecular complexity index is 559. The lowest BCUT2D eigenvalue weighted by Crippen LogP contribution is -2.41. The highest BCUT2D eigenvalue weighted by atomic mass is 16.5. The minimum absolute atomic E-state index is 0.0845. The summed E-state index contributed by atoms with van der Waals surface area (Å²) in [6, 6.07) is 10.1. The van der Waals surface area contributed by atoms with Gasteiger partial charge < -0.3 is 14.5 Å². The minimum atomic E-state index is -0.223. The summed E-state index contributed by atoms with van der Waals surface area (Å²) in [5.41, 5.74) is 1.21. The molecule has 1 saturated heterocycles. The van der Waals surface area contributed by atoms with Gasteiger partial charge in [0.2, 0.25) is 11.8 Å². The van der Waals surface area contributed by atoms with E-state index in [1.54, 1.807) is 7.11 Å². The second-order valence-electron chi connectivity index (χ2n) is 7.15. The van der Waals surface area contributed by atoms with Gasteiger partial charge in [-0.3, -0.25) is 9.59 Å². The van der Waals surface area contributed by atoms with Crippen LogP contribution >= 0.6 is 0 Å². The molecule has 1 fully saturated rings. The van der Waals surface area contributed by atoms with Crippen molar-refractivity contribution < 1.29 is 14.3 Å². The van der Waals surface area contributed by atoms with E-state index in [1.807, 2.05) is 28.0 Å². The van der Waals surface area contributed by atoms with Gasteiger partial charge in [0.1, 0.15) is 0 Å². The molecular weight excluding hydrogens is 316 g/mol. The van der Waals surface area contributed by atoms with Crippen LogP contribution in [0.2, 0.25) is 0 Å². The molecule has 5 nitrogen and oxygen atoms in total. The van der Waals surface area contributed by atoms with Crippen molar-refractivity contribution in [3.05, 3.63) is 35.9 Å². The SMILES string of the molecule is COCCN(CC(C)C)C(=O)C1CC(=O)N(CCc2ccccc2)C1. The van der Waals surface area contributed by atoms with Gasteiger partial charge in [-0.1, -0.05) is 44.2 Å². The van der Waals surface area contributed by atoms with Gasteiger partial charge in [0.25, 0.3) is 0 Å². The maximum absolute atomic E-state index is 12.8. The molecule has 0 spiro atoms. The summed E-state index contributed by atoms with van der Waals surface area (Å²) in [7, 11) is 1.64. The molecule has 1 aliphatic rings. The summed E-state index contributed by atoms with van der Waals surface area (Å²) in [6.45, 7) is 7.22. The highest BCUT2D eigenvalue weighted by Gasteiger charge is 2.36. The lowest BCUT2D eigenvalue weighted by molar-refractivity contribution is -0.137. The van der Waals surface area contributed by atoms with Crippen LogP contribution in [0.1, 0.15) is 25.8 Å². The third kappa shape index (κ3) is 5.85. The average Bonchev–Trinajstić information content (AvgIpc) is 2.97. The quantitative estimate of drug-likeness (QED) is 0.689. The molecule has 1 aromatic carbocycles. The molecule has 1 aromatic rings. The number of carbonyl (C=O) groups excluding carboxylic acids is 2. The molecule has 0 N–H and O–H groups in total. The summed E-state index contributed by atoms with van der Waals surface area (Å²) in [6.07, 6.45) is 1.15. The Morgan fingerprint density at radius 2 is 2.04 bits per heavy atom. The second kappa shape index (κ2) is 9.56. The number of carbonyl (C=O) groups is 2. The van der Waals surface area contributed by atoms with E-state index in [1.165, 1.54) is 5.56 Å². The molecule has 0 aliphatic carbocycles. The molecule has 138 valence electrons. The van der Waals surface area contributed by atoms with Crippen molar-refractivity contribution in [3.8, 4) is 0 Å². The van der Waals surface area contributed by atoms with Crippen molar-refractivity contribution in [2.24, 2.45) is 11.8 Å². The molecule has 0 bridgehead atoms. The number of hydrogen-bond acceptors (Lipinski definition) is 3. The zero-order valence-corrected chi connectivity index (χ0v) is 15.6. The fourth-order valence-electron chi connectivity index (χ4n) is 3.25. The van der Waals surface area contributed by atoms with Crippen molar-refractivity contribution in [2.45, 2.75) is 26.7 Å². The van der Waals surface area contributed by atoms with Gasteiger partial charge in [0.05, 0.1) is 12.5 Å². The van der Waals surface area contributed by atoms with Gasteiger partial charge >= 0.3 is 0 Å². The van der Waals surface area contributed by atoms with Crippen molar-refractivity contribution in [1.82, 2.24) is 9.80 Å². The van der Waals surface area contributed by atoms with Crippen molar-refractivity contribution in [2.75, 3.05) is 39.9 Å². The monoisotopic (exact) mass is 346 g/mol. The maximum atomic E-state index is 12.8. The van der Waals surface area contributed by atoms with Gasteiger partial charge in [-0.2, -0.15) is 0 Å². The first kappa shape index (κ1) is 19.4. The molecule has 2 amide bonds. The number of nitrogens with zero attached hydrogens (tertiary/aromatic N) is 2. The molecule has 1 aliphatic heterocycles. The highest BCUT2D eigenvalue weighted by molar-refractivity contribution is 5.89. The van der Waals surface area contributed by atoms with Crippen LogP contribution < -0.4 is 0 Å². The van der Waals surface area contributed by atoms with Gasteiger partial charge in [0.15, 0.2) is 0 Å². The largest absolute Gasteiger partial charge is 0.383 e. The first-order valence-electron chi connectivity index (χ1n) is 9.10. The normalized spacial score (nSPS) is 17.4. The lowest BCUT2D eigenvalue weighted by atomic mass is 10.1. The van der Waals surface area contributed by atoms with Crippen LogP contribution in [0.25, 0.3) is 0 Å². The Morgan fingerprint density at radius 3 is 2.68 bits per heavy atom. The van der Waals surface area contributed by atoms with Crippen molar-refractivity contribution >= 4 is 11.8 Å². The predicted molar refractivity (Wildman–Crippen MR) is 98.1 cm³/mol. The summed E-state index contributed by atoms with van der Waals surface area (Å²) in [4.78, 5) is 28.8. The number of benzene rings is 1. The summed E-state index contributed by atoms with van der Waals surface area (Å²) < 4.78 is 5.13. The molecule has 2 rings (SSSR count). The minimum Gasteiger partial charge on any atom is -0.383 e. The van der Waals surface area contributed by atoms with E-state index >= 15 is 0 Å². The molecule has 1 heterocycles. The van der Waals surface area contributed by atoms with E-state index in [4.69, 9.17) is 4.74 Å². The summed E-state index contributed by atoms with van der Waals surface area (Å²) in [5, 5.41) is 0. The first-order valence-corrected chi connectivity index (χ1v) is 9.10. The van der Waals surface area contributed by atoms with Crippen LogP contribution in [-0.2, 0) is 20.7 Å². The Morgan fingerprint density at radius 1 is 1.32 bits per heavy atom. The van der Waals surface area contributed by atoms with E-state index < -0.39 is 0 Å². The summed E-state index contributed by atoms with van der Waals surface area (Å²) >= 11 is 0. The Kier molecular flexibility index (Phi) is 7.44. The fraction of sp³-hybridized carbons (Fsp3) is 0.600.